The number of aryl methyl sites for hydroxylation is 2. The van der Waals surface area contributed by atoms with E-state index in [4.69, 9.17) is 0 Å². The Hall–Kier alpha value is -3.35. The number of aromatic nitrogens is 2. The van der Waals surface area contributed by atoms with Crippen molar-refractivity contribution in [2.24, 2.45) is 0 Å². The number of benzene rings is 2. The van der Waals surface area contributed by atoms with Crippen LogP contribution < -0.4 is 10.9 Å². The van der Waals surface area contributed by atoms with Crippen LogP contribution in [0.4, 0.5) is 14.5 Å². The summed E-state index contributed by atoms with van der Waals surface area (Å²) in [6.45, 7) is 5.68. The predicted molar refractivity (Wildman–Crippen MR) is 108 cm³/mol. The standard InChI is InChI=1S/C22H21F2N3O2/c1-4-20(22(29)25-19-12-16(23)7-8-17(19)24)27-21(28)10-9-18(26-27)15-6-5-13(2)14(3)11-15/h5-12,20H,4H2,1-3H3,(H,25,29). The van der Waals surface area contributed by atoms with Gasteiger partial charge in [0.15, 0.2) is 0 Å². The highest BCUT2D eigenvalue weighted by Crippen LogP contribution is 2.21. The molecule has 0 fully saturated rings. The maximum atomic E-state index is 13.9. The number of carbonyl (C=O) groups is 1. The molecule has 0 aliphatic carbocycles. The van der Waals surface area contributed by atoms with E-state index in [1.165, 1.54) is 6.07 Å². The first-order valence-electron chi connectivity index (χ1n) is 9.23. The maximum Gasteiger partial charge on any atom is 0.267 e. The smallest absolute Gasteiger partial charge is 0.267 e. The zero-order valence-corrected chi connectivity index (χ0v) is 16.4. The molecule has 3 rings (SSSR count). The van der Waals surface area contributed by atoms with Crippen molar-refractivity contribution >= 4 is 11.6 Å². The van der Waals surface area contributed by atoms with Gasteiger partial charge in [0.05, 0.1) is 11.4 Å². The van der Waals surface area contributed by atoms with E-state index >= 15 is 0 Å². The fraction of sp³-hybridized carbons (Fsp3) is 0.227. The van der Waals surface area contributed by atoms with Crippen LogP contribution in [-0.4, -0.2) is 15.7 Å². The van der Waals surface area contributed by atoms with Crippen LogP contribution >= 0.6 is 0 Å². The average Bonchev–Trinajstić information content (AvgIpc) is 2.69. The lowest BCUT2D eigenvalue weighted by atomic mass is 10.0. The van der Waals surface area contributed by atoms with Gasteiger partial charge in [-0.15, -0.1) is 0 Å². The molecule has 0 bridgehead atoms. The topological polar surface area (TPSA) is 64.0 Å². The molecule has 1 heterocycles. The Balaban J connectivity index is 1.96. The molecule has 1 aromatic heterocycles. The number of nitrogens with one attached hydrogen (secondary N) is 1. The normalized spacial score (nSPS) is 11.9. The molecular weight excluding hydrogens is 376 g/mol. The van der Waals surface area contributed by atoms with Gasteiger partial charge in [-0.25, -0.2) is 13.5 Å². The Bertz CT molecular complexity index is 1130. The van der Waals surface area contributed by atoms with Crippen molar-refractivity contribution in [1.82, 2.24) is 9.78 Å². The van der Waals surface area contributed by atoms with Gasteiger partial charge in [0.1, 0.15) is 17.7 Å². The molecule has 29 heavy (non-hydrogen) atoms. The Morgan fingerprint density at radius 3 is 2.52 bits per heavy atom. The third-order valence-corrected chi connectivity index (χ3v) is 4.80. The molecule has 7 heteroatoms. The first-order chi connectivity index (χ1) is 13.8. The zero-order chi connectivity index (χ0) is 21.1. The Labute approximate surface area is 167 Å². The number of amides is 1. The lowest BCUT2D eigenvalue weighted by Gasteiger charge is -2.18. The third-order valence-electron chi connectivity index (χ3n) is 4.80. The molecule has 0 saturated heterocycles. The fourth-order valence-electron chi connectivity index (χ4n) is 2.98. The first kappa shape index (κ1) is 20.4. The lowest BCUT2D eigenvalue weighted by Crippen LogP contribution is -2.34. The minimum Gasteiger partial charge on any atom is -0.322 e. The van der Waals surface area contributed by atoms with Crippen LogP contribution in [0.15, 0.2) is 53.3 Å². The minimum atomic E-state index is -0.975. The summed E-state index contributed by atoms with van der Waals surface area (Å²) in [6.07, 6.45) is 0.242. The van der Waals surface area contributed by atoms with E-state index in [-0.39, 0.29) is 12.1 Å². The van der Waals surface area contributed by atoms with Crippen LogP contribution in [-0.2, 0) is 4.79 Å². The van der Waals surface area contributed by atoms with Crippen molar-refractivity contribution in [2.75, 3.05) is 5.32 Å². The monoisotopic (exact) mass is 397 g/mol. The number of hydrogen-bond donors (Lipinski definition) is 1. The summed E-state index contributed by atoms with van der Waals surface area (Å²) in [6, 6.07) is 10.5. The quantitative estimate of drug-likeness (QED) is 0.694. The lowest BCUT2D eigenvalue weighted by molar-refractivity contribution is -0.119. The van der Waals surface area contributed by atoms with E-state index in [1.807, 2.05) is 32.0 Å². The number of halogens is 2. The molecule has 0 aliphatic rings. The van der Waals surface area contributed by atoms with Gasteiger partial charge in [0.2, 0.25) is 5.91 Å². The van der Waals surface area contributed by atoms with Gasteiger partial charge >= 0.3 is 0 Å². The van der Waals surface area contributed by atoms with E-state index in [0.29, 0.717) is 5.69 Å². The second-order valence-corrected chi connectivity index (χ2v) is 6.84. The summed E-state index contributed by atoms with van der Waals surface area (Å²) in [4.78, 5) is 25.1. The van der Waals surface area contributed by atoms with E-state index in [2.05, 4.69) is 10.4 Å². The summed E-state index contributed by atoms with van der Waals surface area (Å²) in [5.41, 5.74) is 2.81. The van der Waals surface area contributed by atoms with E-state index in [0.717, 1.165) is 39.6 Å². The molecule has 0 radical (unpaired) electrons. The molecule has 3 aromatic rings. The number of rotatable bonds is 5. The summed E-state index contributed by atoms with van der Waals surface area (Å²) in [5, 5.41) is 6.71. The van der Waals surface area contributed by atoms with E-state index in [1.54, 1.807) is 13.0 Å². The Kier molecular flexibility index (Phi) is 5.87. The van der Waals surface area contributed by atoms with Gasteiger partial charge in [0.25, 0.3) is 5.56 Å². The van der Waals surface area contributed by atoms with Crippen molar-refractivity contribution in [1.29, 1.82) is 0 Å². The molecular formula is C22H21F2N3O2. The summed E-state index contributed by atoms with van der Waals surface area (Å²) >= 11 is 0. The zero-order valence-electron chi connectivity index (χ0n) is 16.4. The molecule has 1 amide bonds. The molecule has 0 spiro atoms. The first-order valence-corrected chi connectivity index (χ1v) is 9.23. The number of hydrogen-bond acceptors (Lipinski definition) is 3. The maximum absolute atomic E-state index is 13.9. The largest absolute Gasteiger partial charge is 0.322 e. The molecule has 150 valence electrons. The average molecular weight is 397 g/mol. The Morgan fingerprint density at radius 2 is 1.83 bits per heavy atom. The van der Waals surface area contributed by atoms with Crippen LogP contribution in [0.2, 0.25) is 0 Å². The molecule has 1 unspecified atom stereocenters. The van der Waals surface area contributed by atoms with Gasteiger partial charge < -0.3 is 5.32 Å². The third kappa shape index (κ3) is 4.39. The van der Waals surface area contributed by atoms with Gasteiger partial charge in [-0.3, -0.25) is 9.59 Å². The fourth-order valence-corrected chi connectivity index (χ4v) is 2.98. The van der Waals surface area contributed by atoms with E-state index in [9.17, 15) is 18.4 Å². The van der Waals surface area contributed by atoms with Crippen molar-refractivity contribution < 1.29 is 13.6 Å². The summed E-state index contributed by atoms with van der Waals surface area (Å²) < 4.78 is 28.3. The number of carbonyl (C=O) groups excluding carboxylic acids is 1. The van der Waals surface area contributed by atoms with Crippen molar-refractivity contribution in [3.63, 3.8) is 0 Å². The second-order valence-electron chi connectivity index (χ2n) is 6.84. The van der Waals surface area contributed by atoms with Gasteiger partial charge in [-0.1, -0.05) is 19.1 Å². The minimum absolute atomic E-state index is 0.242. The van der Waals surface area contributed by atoms with Crippen molar-refractivity contribution in [3.8, 4) is 11.3 Å². The van der Waals surface area contributed by atoms with Crippen LogP contribution in [0, 0.1) is 25.5 Å². The molecule has 1 atom stereocenters. The second kappa shape index (κ2) is 8.34. The van der Waals surface area contributed by atoms with Crippen LogP contribution in [0.25, 0.3) is 11.3 Å². The molecule has 1 N–H and O–H groups in total. The van der Waals surface area contributed by atoms with Crippen molar-refractivity contribution in [2.45, 2.75) is 33.2 Å². The van der Waals surface area contributed by atoms with Crippen LogP contribution in [0.1, 0.15) is 30.5 Å². The molecule has 5 nitrogen and oxygen atoms in total. The SMILES string of the molecule is CCC(C(=O)Nc1cc(F)ccc1F)n1nc(-c2ccc(C)c(C)c2)ccc1=O. The molecule has 0 saturated carbocycles. The highest BCUT2D eigenvalue weighted by atomic mass is 19.1. The van der Waals surface area contributed by atoms with Crippen molar-refractivity contribution in [3.05, 3.63) is 81.6 Å². The predicted octanol–water partition coefficient (Wildman–Crippen LogP) is 4.40. The van der Waals surface area contributed by atoms with Gasteiger partial charge in [-0.2, -0.15) is 5.10 Å². The summed E-state index contributed by atoms with van der Waals surface area (Å²) in [7, 11) is 0. The highest BCUT2D eigenvalue weighted by molar-refractivity contribution is 5.93. The summed E-state index contributed by atoms with van der Waals surface area (Å²) in [5.74, 6) is -2.09. The van der Waals surface area contributed by atoms with E-state index < -0.39 is 29.1 Å². The Morgan fingerprint density at radius 1 is 1.07 bits per heavy atom. The molecule has 0 aliphatic heterocycles. The molecule has 2 aromatic carbocycles. The number of anilines is 1. The van der Waals surface area contributed by atoms with Gasteiger partial charge in [-0.05, 0) is 55.7 Å². The van der Waals surface area contributed by atoms with Crippen LogP contribution in [0.5, 0.6) is 0 Å². The van der Waals surface area contributed by atoms with Gasteiger partial charge in [0, 0.05) is 17.7 Å². The highest BCUT2D eigenvalue weighted by Gasteiger charge is 2.22. The number of nitrogens with zero attached hydrogens (tertiary/aromatic N) is 2. The van der Waals surface area contributed by atoms with Crippen LogP contribution in [0.3, 0.4) is 0 Å².